The lowest BCUT2D eigenvalue weighted by Gasteiger charge is -1.77. The van der Waals surface area contributed by atoms with Crippen LogP contribution in [-0.2, 0) is 0 Å². The van der Waals surface area contributed by atoms with E-state index in [4.69, 9.17) is 0 Å². The third kappa shape index (κ3) is 1.84. The molecule has 1 heterocycles. The summed E-state index contributed by atoms with van der Waals surface area (Å²) in [5.41, 5.74) is 0. The first kappa shape index (κ1) is 7.30. The first-order chi connectivity index (χ1) is 3.39. The summed E-state index contributed by atoms with van der Waals surface area (Å²) < 4.78 is 11.7. The Balaban J connectivity index is 0.000000490. The van der Waals surface area contributed by atoms with Gasteiger partial charge >= 0.3 is 6.08 Å². The summed E-state index contributed by atoms with van der Waals surface area (Å²) >= 11 is 0. The average Bonchev–Trinajstić information content (AvgIpc) is 1.69. The van der Waals surface area contributed by atoms with Crippen molar-refractivity contribution in [2.45, 2.75) is 0 Å². The second kappa shape index (κ2) is 3.32. The molecule has 0 aliphatic carbocycles. The molecule has 0 N–H and O–H groups in total. The minimum Gasteiger partial charge on any atom is -0.211 e. The van der Waals surface area contributed by atoms with Crippen molar-refractivity contribution in [2.75, 3.05) is 0 Å². The monoisotopic (exact) mass is 134 g/mol. The maximum Gasteiger partial charge on any atom is 0.308 e. The van der Waals surface area contributed by atoms with E-state index in [1.807, 2.05) is 0 Å². The van der Waals surface area contributed by atoms with Gasteiger partial charge in [-0.25, -0.2) is 9.97 Å². The number of aromatic nitrogens is 2. The van der Waals surface area contributed by atoms with Gasteiger partial charge in [0.25, 0.3) is 0 Å². The summed E-state index contributed by atoms with van der Waals surface area (Å²) in [6, 6.07) is 1.56. The summed E-state index contributed by atoms with van der Waals surface area (Å²) in [5, 5.41) is 0. The fourth-order valence-corrected chi connectivity index (χ4v) is 0.281. The summed E-state index contributed by atoms with van der Waals surface area (Å²) in [4.78, 5) is 6.40. The van der Waals surface area contributed by atoms with Crippen molar-refractivity contribution in [3.63, 3.8) is 0 Å². The number of hydrogen-bond donors (Lipinski definition) is 0. The van der Waals surface area contributed by atoms with Gasteiger partial charge in [-0.1, -0.05) is 0 Å². The third-order valence-corrected chi connectivity index (χ3v) is 0.534. The fraction of sp³-hybridized carbons (Fsp3) is 0. The zero-order valence-electron chi connectivity index (χ0n) is 3.91. The lowest BCUT2D eigenvalue weighted by molar-refractivity contribution is 0.538. The van der Waals surface area contributed by atoms with Crippen LogP contribution in [0.1, 0.15) is 0 Å². The van der Waals surface area contributed by atoms with E-state index in [0.717, 1.165) is 0 Å². The topological polar surface area (TPSA) is 25.8 Å². The van der Waals surface area contributed by atoms with E-state index in [-0.39, 0.29) is 12.4 Å². The van der Waals surface area contributed by atoms with Crippen molar-refractivity contribution >= 4 is 12.4 Å². The Labute approximate surface area is 52.2 Å². The SMILES string of the molecule is Cl.Fc1ncccn1. The van der Waals surface area contributed by atoms with Crippen molar-refractivity contribution in [1.82, 2.24) is 9.97 Å². The van der Waals surface area contributed by atoms with Crippen molar-refractivity contribution in [3.8, 4) is 0 Å². The molecule has 0 bridgehead atoms. The van der Waals surface area contributed by atoms with Crippen molar-refractivity contribution < 1.29 is 4.39 Å². The summed E-state index contributed by atoms with van der Waals surface area (Å²) in [5.74, 6) is 0. The molecule has 1 rings (SSSR count). The highest BCUT2D eigenvalue weighted by atomic mass is 35.5. The van der Waals surface area contributed by atoms with Gasteiger partial charge in [-0.05, 0) is 6.07 Å². The molecule has 44 valence electrons. The van der Waals surface area contributed by atoms with Gasteiger partial charge in [-0.2, -0.15) is 4.39 Å². The molecule has 0 saturated carbocycles. The van der Waals surface area contributed by atoms with E-state index in [9.17, 15) is 4.39 Å². The van der Waals surface area contributed by atoms with Gasteiger partial charge < -0.3 is 0 Å². The Morgan fingerprint density at radius 1 is 1.25 bits per heavy atom. The van der Waals surface area contributed by atoms with Crippen LogP contribution in [0.2, 0.25) is 0 Å². The van der Waals surface area contributed by atoms with Crippen LogP contribution in [-0.4, -0.2) is 9.97 Å². The van der Waals surface area contributed by atoms with E-state index >= 15 is 0 Å². The molecule has 2 nitrogen and oxygen atoms in total. The Bertz CT molecular complexity index is 144. The molecular weight excluding hydrogens is 131 g/mol. The molecule has 0 radical (unpaired) electrons. The van der Waals surface area contributed by atoms with Gasteiger partial charge in [0, 0.05) is 12.4 Å². The second-order valence-electron chi connectivity index (χ2n) is 1.02. The molecule has 0 aliphatic rings. The molecule has 0 spiro atoms. The smallest absolute Gasteiger partial charge is 0.211 e. The highest BCUT2D eigenvalue weighted by Crippen LogP contribution is 1.79. The van der Waals surface area contributed by atoms with Crippen LogP contribution >= 0.6 is 12.4 Å². The second-order valence-corrected chi connectivity index (χ2v) is 1.02. The summed E-state index contributed by atoms with van der Waals surface area (Å²) in [7, 11) is 0. The molecule has 0 atom stereocenters. The van der Waals surface area contributed by atoms with E-state index in [1.165, 1.54) is 12.4 Å². The van der Waals surface area contributed by atoms with Gasteiger partial charge in [0.15, 0.2) is 0 Å². The van der Waals surface area contributed by atoms with E-state index in [2.05, 4.69) is 9.97 Å². The lowest BCUT2D eigenvalue weighted by Crippen LogP contribution is -1.81. The van der Waals surface area contributed by atoms with Crippen molar-refractivity contribution in [2.24, 2.45) is 0 Å². The van der Waals surface area contributed by atoms with Gasteiger partial charge in [-0.3, -0.25) is 0 Å². The number of rotatable bonds is 0. The van der Waals surface area contributed by atoms with Gasteiger partial charge in [0.2, 0.25) is 0 Å². The molecular formula is C4H4ClFN2. The Morgan fingerprint density at radius 2 is 1.75 bits per heavy atom. The van der Waals surface area contributed by atoms with E-state index < -0.39 is 6.08 Å². The molecule has 8 heavy (non-hydrogen) atoms. The van der Waals surface area contributed by atoms with Crippen molar-refractivity contribution in [3.05, 3.63) is 24.5 Å². The van der Waals surface area contributed by atoms with Crippen LogP contribution in [0.3, 0.4) is 0 Å². The van der Waals surface area contributed by atoms with Gasteiger partial charge in [0.1, 0.15) is 0 Å². The normalized spacial score (nSPS) is 7.62. The molecule has 0 amide bonds. The minimum absolute atomic E-state index is 0. The first-order valence-electron chi connectivity index (χ1n) is 1.82. The molecule has 0 fully saturated rings. The van der Waals surface area contributed by atoms with Crippen LogP contribution in [0, 0.1) is 6.08 Å². The number of nitrogens with zero attached hydrogens (tertiary/aromatic N) is 2. The summed E-state index contributed by atoms with van der Waals surface area (Å²) in [6.07, 6.45) is 2.02. The van der Waals surface area contributed by atoms with E-state index in [0.29, 0.717) is 0 Å². The van der Waals surface area contributed by atoms with Crippen LogP contribution in [0.15, 0.2) is 18.5 Å². The van der Waals surface area contributed by atoms with Crippen LogP contribution in [0.5, 0.6) is 0 Å². The maximum absolute atomic E-state index is 11.7. The lowest BCUT2D eigenvalue weighted by atomic mass is 10.7. The molecule has 0 aliphatic heterocycles. The average molecular weight is 135 g/mol. The van der Waals surface area contributed by atoms with Crippen LogP contribution in [0.4, 0.5) is 4.39 Å². The molecule has 4 heteroatoms. The minimum atomic E-state index is -0.678. The predicted molar refractivity (Wildman–Crippen MR) is 29.2 cm³/mol. The van der Waals surface area contributed by atoms with Gasteiger partial charge in [0.05, 0.1) is 0 Å². The van der Waals surface area contributed by atoms with Crippen LogP contribution in [0.25, 0.3) is 0 Å². The molecule has 0 aromatic carbocycles. The molecule has 0 saturated heterocycles. The standard InChI is InChI=1S/C4H3FN2.ClH/c5-4-6-2-1-3-7-4;/h1-3H;1H. The first-order valence-corrected chi connectivity index (χ1v) is 1.82. The van der Waals surface area contributed by atoms with Gasteiger partial charge in [-0.15, -0.1) is 12.4 Å². The Kier molecular flexibility index (Phi) is 3.03. The highest BCUT2D eigenvalue weighted by Gasteiger charge is 1.80. The number of halogens is 2. The predicted octanol–water partition coefficient (Wildman–Crippen LogP) is 1.04. The zero-order chi connectivity index (χ0) is 5.11. The molecule has 1 aromatic heterocycles. The quantitative estimate of drug-likeness (QED) is 0.496. The zero-order valence-corrected chi connectivity index (χ0v) is 4.73. The highest BCUT2D eigenvalue weighted by molar-refractivity contribution is 5.85. The van der Waals surface area contributed by atoms with Crippen molar-refractivity contribution in [1.29, 1.82) is 0 Å². The maximum atomic E-state index is 11.7. The Hall–Kier alpha value is -0.700. The van der Waals surface area contributed by atoms with E-state index in [1.54, 1.807) is 6.07 Å². The Morgan fingerprint density at radius 3 is 2.00 bits per heavy atom. The molecule has 0 unspecified atom stereocenters. The summed E-state index contributed by atoms with van der Waals surface area (Å²) in [6.45, 7) is 0. The van der Waals surface area contributed by atoms with Crippen LogP contribution < -0.4 is 0 Å². The largest absolute Gasteiger partial charge is 0.308 e. The number of hydrogen-bond acceptors (Lipinski definition) is 2. The fourth-order valence-electron chi connectivity index (χ4n) is 0.281. The third-order valence-electron chi connectivity index (χ3n) is 0.534. The molecule has 1 aromatic rings.